The number of piperidine rings is 1. The van der Waals surface area contributed by atoms with E-state index in [2.05, 4.69) is 20.1 Å². The first-order valence-corrected chi connectivity index (χ1v) is 8.86. The smallest absolute Gasteiger partial charge is 0.343 e. The number of nitrogens with zero attached hydrogens (tertiary/aromatic N) is 5. The van der Waals surface area contributed by atoms with Crippen LogP contribution in [0, 0.1) is 0 Å². The normalized spacial score (nSPS) is 18.0. The van der Waals surface area contributed by atoms with Crippen molar-refractivity contribution in [2.75, 3.05) is 18.0 Å². The molecule has 0 radical (unpaired) electrons. The lowest BCUT2D eigenvalue weighted by Gasteiger charge is -2.33. The highest BCUT2D eigenvalue weighted by Gasteiger charge is 2.26. The molecule has 1 saturated heterocycles. The van der Waals surface area contributed by atoms with Crippen LogP contribution in [0.3, 0.4) is 0 Å². The van der Waals surface area contributed by atoms with Crippen LogP contribution >= 0.6 is 11.6 Å². The molecule has 0 aliphatic carbocycles. The van der Waals surface area contributed by atoms with Crippen LogP contribution in [-0.4, -0.2) is 37.8 Å². The highest BCUT2D eigenvalue weighted by atomic mass is 35.5. The first-order valence-electron chi connectivity index (χ1n) is 8.48. The monoisotopic (exact) mass is 358 g/mol. The van der Waals surface area contributed by atoms with E-state index < -0.39 is 0 Å². The standard InChI is InChI=1S/C17H19ClN6O/c1-2-24-16(21-22-17(24)25)11-4-3-7-23(10-11)15-9-19-13-6-5-12(18)8-14(13)20-15/h5-6,8-9,11H,2-4,7,10H2,1H3,(H,22,25)/t11-/m0/s1. The Labute approximate surface area is 149 Å². The summed E-state index contributed by atoms with van der Waals surface area (Å²) >= 11 is 6.07. The first-order chi connectivity index (χ1) is 12.2. The first kappa shape index (κ1) is 16.1. The number of aromatic nitrogens is 5. The molecule has 0 saturated carbocycles. The molecular weight excluding hydrogens is 340 g/mol. The summed E-state index contributed by atoms with van der Waals surface area (Å²) in [6, 6.07) is 5.52. The molecule has 4 rings (SSSR count). The van der Waals surface area contributed by atoms with E-state index in [4.69, 9.17) is 16.6 Å². The van der Waals surface area contributed by atoms with E-state index in [0.29, 0.717) is 11.6 Å². The highest BCUT2D eigenvalue weighted by molar-refractivity contribution is 6.31. The van der Waals surface area contributed by atoms with Crippen LogP contribution in [0.4, 0.5) is 5.82 Å². The molecular formula is C17H19ClN6O. The molecule has 1 aliphatic heterocycles. The zero-order chi connectivity index (χ0) is 17.4. The fourth-order valence-electron chi connectivity index (χ4n) is 3.47. The Morgan fingerprint density at radius 2 is 2.24 bits per heavy atom. The molecule has 1 N–H and O–H groups in total. The molecule has 8 heteroatoms. The van der Waals surface area contributed by atoms with Gasteiger partial charge in [0.15, 0.2) is 0 Å². The van der Waals surface area contributed by atoms with Gasteiger partial charge in [-0.3, -0.25) is 9.55 Å². The topological polar surface area (TPSA) is 79.7 Å². The van der Waals surface area contributed by atoms with Crippen molar-refractivity contribution in [3.8, 4) is 0 Å². The lowest BCUT2D eigenvalue weighted by molar-refractivity contribution is 0.469. The quantitative estimate of drug-likeness (QED) is 0.778. The van der Waals surface area contributed by atoms with Crippen molar-refractivity contribution >= 4 is 28.5 Å². The molecule has 3 heterocycles. The summed E-state index contributed by atoms with van der Waals surface area (Å²) in [5.41, 5.74) is 1.47. The van der Waals surface area contributed by atoms with E-state index in [1.165, 1.54) is 0 Å². The highest BCUT2D eigenvalue weighted by Crippen LogP contribution is 2.28. The average molecular weight is 359 g/mol. The molecule has 0 amide bonds. The maximum absolute atomic E-state index is 11.8. The minimum Gasteiger partial charge on any atom is -0.355 e. The van der Waals surface area contributed by atoms with Gasteiger partial charge in [-0.15, -0.1) is 0 Å². The van der Waals surface area contributed by atoms with Gasteiger partial charge in [0, 0.05) is 30.6 Å². The SMILES string of the molecule is CCn1c([C@H]2CCCN(c3cnc4ccc(Cl)cc4n3)C2)n[nH]c1=O. The van der Waals surface area contributed by atoms with Crippen LogP contribution in [0.5, 0.6) is 0 Å². The molecule has 3 aromatic rings. The maximum Gasteiger partial charge on any atom is 0.343 e. The van der Waals surface area contributed by atoms with Crippen molar-refractivity contribution in [2.45, 2.75) is 32.2 Å². The number of aromatic amines is 1. The third kappa shape index (κ3) is 3.00. The summed E-state index contributed by atoms with van der Waals surface area (Å²) in [4.78, 5) is 23.3. The largest absolute Gasteiger partial charge is 0.355 e. The number of anilines is 1. The van der Waals surface area contributed by atoms with E-state index in [1.54, 1.807) is 10.8 Å². The van der Waals surface area contributed by atoms with Gasteiger partial charge in [0.25, 0.3) is 0 Å². The van der Waals surface area contributed by atoms with Gasteiger partial charge in [0.1, 0.15) is 11.6 Å². The number of nitrogens with one attached hydrogen (secondary N) is 1. The van der Waals surface area contributed by atoms with E-state index in [1.807, 2.05) is 25.1 Å². The molecule has 7 nitrogen and oxygen atoms in total. The third-order valence-electron chi connectivity index (χ3n) is 4.71. The van der Waals surface area contributed by atoms with Gasteiger partial charge in [0.05, 0.1) is 17.2 Å². The molecule has 1 aromatic carbocycles. The van der Waals surface area contributed by atoms with Crippen LogP contribution in [-0.2, 0) is 6.54 Å². The average Bonchev–Trinajstić information content (AvgIpc) is 3.01. The second kappa shape index (κ2) is 6.48. The predicted molar refractivity (Wildman–Crippen MR) is 97.3 cm³/mol. The number of hydrogen-bond donors (Lipinski definition) is 1. The van der Waals surface area contributed by atoms with Gasteiger partial charge in [-0.1, -0.05) is 11.6 Å². The molecule has 1 atom stereocenters. The summed E-state index contributed by atoms with van der Waals surface area (Å²) in [6.07, 6.45) is 3.83. The summed E-state index contributed by atoms with van der Waals surface area (Å²) in [7, 11) is 0. The minimum atomic E-state index is -0.144. The molecule has 0 spiro atoms. The van der Waals surface area contributed by atoms with Gasteiger partial charge in [0.2, 0.25) is 0 Å². The van der Waals surface area contributed by atoms with Gasteiger partial charge in [-0.2, -0.15) is 5.10 Å². The summed E-state index contributed by atoms with van der Waals surface area (Å²) in [5.74, 6) is 1.86. The van der Waals surface area contributed by atoms with Crippen molar-refractivity contribution < 1.29 is 0 Å². The van der Waals surface area contributed by atoms with Gasteiger partial charge in [-0.25, -0.2) is 14.9 Å². The molecule has 1 fully saturated rings. The zero-order valence-electron chi connectivity index (χ0n) is 13.9. The molecule has 0 bridgehead atoms. The number of H-pyrrole nitrogens is 1. The second-order valence-corrected chi connectivity index (χ2v) is 6.71. The van der Waals surface area contributed by atoms with Crippen molar-refractivity contribution in [2.24, 2.45) is 0 Å². The molecule has 0 unspecified atom stereocenters. The minimum absolute atomic E-state index is 0.144. The Morgan fingerprint density at radius 1 is 1.36 bits per heavy atom. The maximum atomic E-state index is 11.8. The van der Waals surface area contributed by atoms with E-state index in [-0.39, 0.29) is 11.6 Å². The number of benzene rings is 1. The summed E-state index contributed by atoms with van der Waals surface area (Å²) in [6.45, 7) is 4.26. The number of halogens is 1. The van der Waals surface area contributed by atoms with Crippen molar-refractivity contribution in [1.29, 1.82) is 0 Å². The Bertz CT molecular complexity index is 965. The number of hydrogen-bond acceptors (Lipinski definition) is 5. The molecule has 1 aliphatic rings. The Morgan fingerprint density at radius 3 is 3.08 bits per heavy atom. The Balaban J connectivity index is 1.63. The van der Waals surface area contributed by atoms with E-state index in [9.17, 15) is 4.79 Å². The van der Waals surface area contributed by atoms with Crippen molar-refractivity contribution in [1.82, 2.24) is 24.7 Å². The van der Waals surface area contributed by atoms with Crippen molar-refractivity contribution in [3.63, 3.8) is 0 Å². The molecule has 2 aromatic heterocycles. The lowest BCUT2D eigenvalue weighted by Crippen LogP contribution is -2.36. The van der Waals surface area contributed by atoms with E-state index >= 15 is 0 Å². The van der Waals surface area contributed by atoms with Gasteiger partial charge >= 0.3 is 5.69 Å². The van der Waals surface area contributed by atoms with Crippen LogP contribution in [0.25, 0.3) is 11.0 Å². The Hall–Kier alpha value is -2.41. The predicted octanol–water partition coefficient (Wildman–Crippen LogP) is 2.57. The van der Waals surface area contributed by atoms with Crippen LogP contribution < -0.4 is 10.6 Å². The molecule has 130 valence electrons. The number of rotatable bonds is 3. The van der Waals surface area contributed by atoms with E-state index in [0.717, 1.165) is 48.6 Å². The summed E-state index contributed by atoms with van der Waals surface area (Å²) in [5, 5.41) is 7.46. The third-order valence-corrected chi connectivity index (χ3v) is 4.94. The fourth-order valence-corrected chi connectivity index (χ4v) is 3.64. The lowest BCUT2D eigenvalue weighted by atomic mass is 9.97. The fraction of sp³-hybridized carbons (Fsp3) is 0.412. The van der Waals surface area contributed by atoms with Gasteiger partial charge in [-0.05, 0) is 38.0 Å². The summed E-state index contributed by atoms with van der Waals surface area (Å²) < 4.78 is 1.71. The zero-order valence-corrected chi connectivity index (χ0v) is 14.7. The Kier molecular flexibility index (Phi) is 4.17. The van der Waals surface area contributed by atoms with Crippen LogP contribution in [0.15, 0.2) is 29.2 Å². The molecule has 25 heavy (non-hydrogen) atoms. The van der Waals surface area contributed by atoms with Gasteiger partial charge < -0.3 is 4.90 Å². The number of fused-ring (bicyclic) bond motifs is 1. The van der Waals surface area contributed by atoms with Crippen LogP contribution in [0.1, 0.15) is 31.5 Å². The van der Waals surface area contributed by atoms with Crippen LogP contribution in [0.2, 0.25) is 5.02 Å². The second-order valence-electron chi connectivity index (χ2n) is 6.28. The van der Waals surface area contributed by atoms with Crippen molar-refractivity contribution in [3.05, 3.63) is 45.7 Å².